The monoisotopic (exact) mass is 380 g/mol. The maximum atomic E-state index is 10.8. The molecule has 4 rings (SSSR count). The van der Waals surface area contributed by atoms with Gasteiger partial charge in [0.25, 0.3) is 0 Å². The molecule has 7 nitrogen and oxygen atoms in total. The van der Waals surface area contributed by atoms with Gasteiger partial charge in [-0.25, -0.2) is 15.0 Å². The molecular weight excluding hydrogens is 352 g/mol. The number of likely N-dealkylation sites (tertiary alicyclic amines) is 1. The fourth-order valence-corrected chi connectivity index (χ4v) is 3.83. The molecule has 2 aromatic heterocycles. The number of hydrogen-bond acceptors (Lipinski definition) is 6. The van der Waals surface area contributed by atoms with Crippen molar-refractivity contribution in [1.82, 2.24) is 24.4 Å². The van der Waals surface area contributed by atoms with Crippen molar-refractivity contribution in [2.24, 2.45) is 0 Å². The van der Waals surface area contributed by atoms with E-state index in [0.29, 0.717) is 13.1 Å². The summed E-state index contributed by atoms with van der Waals surface area (Å²) in [5.74, 6) is 2.45. The second-order valence-electron chi connectivity index (χ2n) is 7.91. The van der Waals surface area contributed by atoms with Crippen LogP contribution in [0.2, 0.25) is 0 Å². The number of hydrogen-bond donors (Lipinski definition) is 2. The molecule has 7 heteroatoms. The Morgan fingerprint density at radius 2 is 1.86 bits per heavy atom. The lowest BCUT2D eigenvalue weighted by Crippen LogP contribution is -2.47. The third-order valence-electron chi connectivity index (χ3n) is 5.57. The topological polar surface area (TPSA) is 79.1 Å². The van der Waals surface area contributed by atoms with E-state index in [-0.39, 0.29) is 0 Å². The molecule has 0 bridgehead atoms. The number of nitrogens with one attached hydrogen (secondary N) is 1. The molecule has 28 heavy (non-hydrogen) atoms. The third kappa shape index (κ3) is 4.00. The van der Waals surface area contributed by atoms with Crippen molar-refractivity contribution in [3.63, 3.8) is 0 Å². The Kier molecular flexibility index (Phi) is 5.03. The van der Waals surface area contributed by atoms with Crippen molar-refractivity contribution in [2.75, 3.05) is 32.0 Å². The van der Waals surface area contributed by atoms with Gasteiger partial charge in [0.05, 0.1) is 28.9 Å². The fourth-order valence-electron chi connectivity index (χ4n) is 3.83. The lowest BCUT2D eigenvalue weighted by molar-refractivity contribution is -0.00409. The van der Waals surface area contributed by atoms with Crippen LogP contribution in [0.25, 0.3) is 11.0 Å². The van der Waals surface area contributed by atoms with Gasteiger partial charge in [-0.05, 0) is 45.9 Å². The second-order valence-corrected chi connectivity index (χ2v) is 7.91. The first-order valence-electron chi connectivity index (χ1n) is 9.83. The van der Waals surface area contributed by atoms with Gasteiger partial charge < -0.3 is 19.9 Å². The minimum Gasteiger partial charge on any atom is -0.388 e. The van der Waals surface area contributed by atoms with Gasteiger partial charge in [-0.2, -0.15) is 0 Å². The number of anilines is 1. The highest BCUT2D eigenvalue weighted by molar-refractivity contribution is 5.75. The van der Waals surface area contributed by atoms with Gasteiger partial charge in [0.2, 0.25) is 0 Å². The summed E-state index contributed by atoms with van der Waals surface area (Å²) >= 11 is 0. The normalized spacial score (nSPS) is 17.1. The maximum absolute atomic E-state index is 10.8. The number of benzene rings is 1. The zero-order chi connectivity index (χ0) is 19.7. The standard InChI is InChI=1S/C21H28N6O/c1-15-23-17(13-27-16(2)25-18-6-4-5-7-19(18)27)12-20(24-15)22-14-21(28)8-10-26(3)11-9-21/h4-7,12,28H,8-11,13-14H2,1-3H3,(H,22,23,24). The van der Waals surface area contributed by atoms with Crippen LogP contribution in [0.15, 0.2) is 30.3 Å². The van der Waals surface area contributed by atoms with E-state index in [1.165, 1.54) is 0 Å². The molecule has 3 heterocycles. The van der Waals surface area contributed by atoms with Crippen LogP contribution in [0, 0.1) is 13.8 Å². The average Bonchev–Trinajstić information content (AvgIpc) is 2.98. The fraction of sp³-hybridized carbons (Fsp3) is 0.476. The Balaban J connectivity index is 1.52. The second kappa shape index (κ2) is 7.48. The number of aliphatic hydroxyl groups is 1. The summed E-state index contributed by atoms with van der Waals surface area (Å²) < 4.78 is 2.17. The highest BCUT2D eigenvalue weighted by atomic mass is 16.3. The van der Waals surface area contributed by atoms with E-state index < -0.39 is 5.60 Å². The van der Waals surface area contributed by atoms with E-state index in [2.05, 4.69) is 42.8 Å². The first-order chi connectivity index (χ1) is 13.4. The average molecular weight is 380 g/mol. The van der Waals surface area contributed by atoms with E-state index in [0.717, 1.165) is 60.1 Å². The van der Waals surface area contributed by atoms with Crippen molar-refractivity contribution >= 4 is 16.9 Å². The zero-order valence-corrected chi connectivity index (χ0v) is 16.8. The van der Waals surface area contributed by atoms with Gasteiger partial charge in [-0.1, -0.05) is 12.1 Å². The molecule has 0 atom stereocenters. The number of nitrogens with zero attached hydrogens (tertiary/aromatic N) is 5. The van der Waals surface area contributed by atoms with Gasteiger partial charge in [0.15, 0.2) is 0 Å². The Labute approximate surface area is 165 Å². The third-order valence-corrected chi connectivity index (χ3v) is 5.57. The molecule has 1 aromatic carbocycles. The van der Waals surface area contributed by atoms with E-state index in [9.17, 15) is 5.11 Å². The summed E-state index contributed by atoms with van der Waals surface area (Å²) in [5.41, 5.74) is 2.35. The molecule has 1 saturated heterocycles. The molecule has 0 spiro atoms. The van der Waals surface area contributed by atoms with Crippen LogP contribution in [0.1, 0.15) is 30.2 Å². The molecule has 0 aliphatic carbocycles. The molecular formula is C21H28N6O. The molecule has 1 aliphatic rings. The molecule has 148 valence electrons. The van der Waals surface area contributed by atoms with Gasteiger partial charge in [0.1, 0.15) is 17.5 Å². The molecule has 1 aliphatic heterocycles. The summed E-state index contributed by atoms with van der Waals surface area (Å²) in [5, 5.41) is 14.1. The van der Waals surface area contributed by atoms with Crippen LogP contribution in [-0.2, 0) is 6.54 Å². The molecule has 0 radical (unpaired) electrons. The first-order valence-corrected chi connectivity index (χ1v) is 9.83. The molecule has 1 fully saturated rings. The van der Waals surface area contributed by atoms with Crippen LogP contribution >= 0.6 is 0 Å². The van der Waals surface area contributed by atoms with Crippen molar-refractivity contribution in [2.45, 2.75) is 38.8 Å². The van der Waals surface area contributed by atoms with Gasteiger partial charge in [0, 0.05) is 25.7 Å². The molecule has 0 amide bonds. The molecule has 3 aromatic rings. The highest BCUT2D eigenvalue weighted by Crippen LogP contribution is 2.22. The Morgan fingerprint density at radius 1 is 1.11 bits per heavy atom. The zero-order valence-electron chi connectivity index (χ0n) is 16.8. The minimum atomic E-state index is -0.678. The van der Waals surface area contributed by atoms with Crippen molar-refractivity contribution in [3.05, 3.63) is 47.7 Å². The van der Waals surface area contributed by atoms with E-state index in [1.54, 1.807) is 0 Å². The molecule has 2 N–H and O–H groups in total. The summed E-state index contributed by atoms with van der Waals surface area (Å²) in [6, 6.07) is 10.1. The number of aryl methyl sites for hydroxylation is 2. The first kappa shape index (κ1) is 18.8. The van der Waals surface area contributed by atoms with E-state index in [4.69, 9.17) is 0 Å². The van der Waals surface area contributed by atoms with Crippen molar-refractivity contribution in [3.8, 4) is 0 Å². The lowest BCUT2D eigenvalue weighted by atomic mass is 9.91. The highest BCUT2D eigenvalue weighted by Gasteiger charge is 2.31. The predicted molar refractivity (Wildman–Crippen MR) is 111 cm³/mol. The van der Waals surface area contributed by atoms with Crippen molar-refractivity contribution < 1.29 is 5.11 Å². The van der Waals surface area contributed by atoms with Crippen LogP contribution in [0.4, 0.5) is 5.82 Å². The summed E-state index contributed by atoms with van der Waals surface area (Å²) in [6.07, 6.45) is 1.54. The van der Waals surface area contributed by atoms with Crippen LogP contribution in [-0.4, -0.2) is 61.8 Å². The Hall–Kier alpha value is -2.51. The summed E-state index contributed by atoms with van der Waals surface area (Å²) in [4.78, 5) is 16.0. The van der Waals surface area contributed by atoms with Crippen LogP contribution in [0.3, 0.4) is 0 Å². The minimum absolute atomic E-state index is 0.504. The number of aromatic nitrogens is 4. The number of para-hydroxylation sites is 2. The Bertz CT molecular complexity index is 974. The van der Waals surface area contributed by atoms with Gasteiger partial charge in [-0.3, -0.25) is 0 Å². The quantitative estimate of drug-likeness (QED) is 0.707. The largest absolute Gasteiger partial charge is 0.388 e. The van der Waals surface area contributed by atoms with Crippen LogP contribution in [0.5, 0.6) is 0 Å². The van der Waals surface area contributed by atoms with Gasteiger partial charge in [-0.15, -0.1) is 0 Å². The number of rotatable bonds is 5. The summed E-state index contributed by atoms with van der Waals surface area (Å²) in [6.45, 7) is 6.89. The molecule has 0 saturated carbocycles. The lowest BCUT2D eigenvalue weighted by Gasteiger charge is -2.36. The smallest absolute Gasteiger partial charge is 0.130 e. The molecule has 0 unspecified atom stereocenters. The number of piperidine rings is 1. The van der Waals surface area contributed by atoms with Gasteiger partial charge >= 0.3 is 0 Å². The Morgan fingerprint density at radius 3 is 2.64 bits per heavy atom. The van der Waals surface area contributed by atoms with E-state index in [1.807, 2.05) is 38.1 Å². The number of imidazole rings is 1. The van der Waals surface area contributed by atoms with Crippen LogP contribution < -0.4 is 5.32 Å². The van der Waals surface area contributed by atoms with Crippen molar-refractivity contribution in [1.29, 1.82) is 0 Å². The summed E-state index contributed by atoms with van der Waals surface area (Å²) in [7, 11) is 2.09. The number of fused-ring (bicyclic) bond motifs is 1. The van der Waals surface area contributed by atoms with E-state index >= 15 is 0 Å². The SMILES string of the molecule is Cc1nc(Cn2c(C)nc3ccccc32)cc(NCC2(O)CCN(C)CC2)n1. The predicted octanol–water partition coefficient (Wildman–Crippen LogP) is 2.36. The maximum Gasteiger partial charge on any atom is 0.130 e.